The van der Waals surface area contributed by atoms with Gasteiger partial charge in [-0.15, -0.1) is 5.10 Å². The number of urea groups is 1. The van der Waals surface area contributed by atoms with Gasteiger partial charge >= 0.3 is 6.03 Å². The van der Waals surface area contributed by atoms with Gasteiger partial charge in [0.15, 0.2) is 5.82 Å². The first-order valence-electron chi connectivity index (χ1n) is 10.5. The summed E-state index contributed by atoms with van der Waals surface area (Å²) in [6.07, 6.45) is 5.72. The molecule has 1 N–H and O–H groups in total. The van der Waals surface area contributed by atoms with Gasteiger partial charge in [0.2, 0.25) is 0 Å². The highest BCUT2D eigenvalue weighted by molar-refractivity contribution is 5.76. The molecule has 3 atom stereocenters. The molecule has 6 nitrogen and oxygen atoms in total. The molecule has 0 unspecified atom stereocenters. The Labute approximate surface area is 170 Å². The van der Waals surface area contributed by atoms with Gasteiger partial charge in [0.1, 0.15) is 5.82 Å². The van der Waals surface area contributed by atoms with E-state index in [-0.39, 0.29) is 23.9 Å². The SMILES string of the molecule is Cc1cc([C@@H]2C[C@H]2NC(=O)N(C2CC2)[C@H]2CCN(c3cccnn3)C2)ccc1F. The fraction of sp³-hybridized carbons (Fsp3) is 0.500. The van der Waals surface area contributed by atoms with Gasteiger partial charge in [0.25, 0.3) is 0 Å². The summed E-state index contributed by atoms with van der Waals surface area (Å²) in [5.74, 6) is 0.989. The summed E-state index contributed by atoms with van der Waals surface area (Å²) in [6, 6.07) is 9.88. The number of carbonyl (C=O) groups excluding carboxylic acids is 1. The van der Waals surface area contributed by atoms with Crippen LogP contribution in [0.15, 0.2) is 36.5 Å². The van der Waals surface area contributed by atoms with E-state index in [9.17, 15) is 9.18 Å². The molecule has 2 amide bonds. The summed E-state index contributed by atoms with van der Waals surface area (Å²) < 4.78 is 13.5. The first kappa shape index (κ1) is 18.3. The first-order valence-corrected chi connectivity index (χ1v) is 10.5. The smallest absolute Gasteiger partial charge is 0.318 e. The van der Waals surface area contributed by atoms with Crippen LogP contribution in [0.1, 0.15) is 42.7 Å². The summed E-state index contributed by atoms with van der Waals surface area (Å²) in [4.78, 5) is 17.4. The maximum atomic E-state index is 13.5. The Balaban J connectivity index is 1.22. The quantitative estimate of drug-likeness (QED) is 0.844. The molecule has 0 radical (unpaired) electrons. The van der Waals surface area contributed by atoms with Crippen LogP contribution in [-0.4, -0.2) is 52.3 Å². The fourth-order valence-corrected chi connectivity index (χ4v) is 4.48. The van der Waals surface area contributed by atoms with Crippen LogP contribution in [-0.2, 0) is 0 Å². The lowest BCUT2D eigenvalue weighted by atomic mass is 10.1. The van der Waals surface area contributed by atoms with E-state index in [1.165, 1.54) is 6.07 Å². The number of anilines is 1. The van der Waals surface area contributed by atoms with E-state index < -0.39 is 0 Å². The second-order valence-corrected chi connectivity index (χ2v) is 8.52. The Morgan fingerprint density at radius 3 is 2.83 bits per heavy atom. The summed E-state index contributed by atoms with van der Waals surface area (Å²) in [6.45, 7) is 3.47. The molecular weight excluding hydrogens is 369 g/mol. The van der Waals surface area contributed by atoms with E-state index in [1.54, 1.807) is 13.1 Å². The third-order valence-corrected chi connectivity index (χ3v) is 6.32. The molecule has 2 heterocycles. The van der Waals surface area contributed by atoms with E-state index in [4.69, 9.17) is 0 Å². The number of nitrogens with one attached hydrogen (secondary N) is 1. The van der Waals surface area contributed by atoms with E-state index in [1.807, 2.05) is 24.3 Å². The molecule has 1 saturated heterocycles. The number of rotatable bonds is 5. The van der Waals surface area contributed by atoms with E-state index >= 15 is 0 Å². The van der Waals surface area contributed by atoms with Crippen molar-refractivity contribution in [2.75, 3.05) is 18.0 Å². The Morgan fingerprint density at radius 2 is 2.10 bits per heavy atom. The van der Waals surface area contributed by atoms with E-state index in [0.717, 1.165) is 50.2 Å². The second kappa shape index (κ2) is 7.28. The topological polar surface area (TPSA) is 61.4 Å². The molecule has 2 aromatic rings. The molecule has 7 heteroatoms. The fourth-order valence-electron chi connectivity index (χ4n) is 4.48. The van der Waals surface area contributed by atoms with Crippen LogP contribution in [0.4, 0.5) is 15.0 Å². The third kappa shape index (κ3) is 3.78. The predicted octanol–water partition coefficient (Wildman–Crippen LogP) is 3.23. The Morgan fingerprint density at radius 1 is 1.24 bits per heavy atom. The number of carbonyl (C=O) groups is 1. The normalized spacial score (nSPS) is 25.7. The third-order valence-electron chi connectivity index (χ3n) is 6.32. The number of nitrogens with zero attached hydrogens (tertiary/aromatic N) is 4. The van der Waals surface area contributed by atoms with Crippen LogP contribution in [0.25, 0.3) is 0 Å². The number of benzene rings is 1. The molecular formula is C22H26FN5O. The van der Waals surface area contributed by atoms with Crippen molar-refractivity contribution < 1.29 is 9.18 Å². The van der Waals surface area contributed by atoms with Gasteiger partial charge in [-0.1, -0.05) is 12.1 Å². The lowest BCUT2D eigenvalue weighted by Gasteiger charge is -2.29. The zero-order chi connectivity index (χ0) is 20.0. The Kier molecular flexibility index (Phi) is 4.60. The van der Waals surface area contributed by atoms with Crippen LogP contribution in [0.5, 0.6) is 0 Å². The minimum Gasteiger partial charge on any atom is -0.353 e. The van der Waals surface area contributed by atoms with Gasteiger partial charge in [-0.25, -0.2) is 9.18 Å². The van der Waals surface area contributed by atoms with Crippen molar-refractivity contribution in [2.45, 2.75) is 56.7 Å². The van der Waals surface area contributed by atoms with Crippen molar-refractivity contribution in [3.63, 3.8) is 0 Å². The standard InChI is InChI=1S/C22H26FN5O/c1-14-11-15(4-7-19(14)23)18-12-20(18)25-22(29)28(16-5-6-16)17-8-10-27(13-17)21-3-2-9-24-26-21/h2-4,7,9,11,16-18,20H,5-6,8,10,12-13H2,1H3,(H,25,29)/t17-,18-,20+/m0/s1. The van der Waals surface area contributed by atoms with Crippen molar-refractivity contribution in [1.82, 2.24) is 20.4 Å². The molecule has 152 valence electrons. The summed E-state index contributed by atoms with van der Waals surface area (Å²) in [5.41, 5.74) is 1.77. The van der Waals surface area contributed by atoms with Crippen LogP contribution in [0, 0.1) is 12.7 Å². The zero-order valence-corrected chi connectivity index (χ0v) is 16.6. The summed E-state index contributed by atoms with van der Waals surface area (Å²) in [7, 11) is 0. The lowest BCUT2D eigenvalue weighted by Crippen LogP contribution is -2.49. The maximum absolute atomic E-state index is 13.5. The minimum absolute atomic E-state index is 0.0461. The predicted molar refractivity (Wildman–Crippen MR) is 108 cm³/mol. The first-order chi connectivity index (χ1) is 14.1. The molecule has 3 aliphatic rings. The molecule has 2 aliphatic carbocycles. The lowest BCUT2D eigenvalue weighted by molar-refractivity contribution is 0.174. The molecule has 5 rings (SSSR count). The largest absolute Gasteiger partial charge is 0.353 e. The van der Waals surface area contributed by atoms with Gasteiger partial charge < -0.3 is 15.1 Å². The van der Waals surface area contributed by atoms with Crippen molar-refractivity contribution in [1.29, 1.82) is 0 Å². The van der Waals surface area contributed by atoms with E-state index in [0.29, 0.717) is 17.5 Å². The van der Waals surface area contributed by atoms with Crippen LogP contribution < -0.4 is 10.2 Å². The highest BCUT2D eigenvalue weighted by atomic mass is 19.1. The summed E-state index contributed by atoms with van der Waals surface area (Å²) in [5, 5.41) is 11.4. The van der Waals surface area contributed by atoms with E-state index in [2.05, 4.69) is 25.3 Å². The maximum Gasteiger partial charge on any atom is 0.318 e. The van der Waals surface area contributed by atoms with Crippen molar-refractivity contribution in [3.05, 3.63) is 53.5 Å². The number of halogens is 1. The number of amides is 2. The molecule has 1 aromatic heterocycles. The highest BCUT2D eigenvalue weighted by Crippen LogP contribution is 2.42. The minimum atomic E-state index is -0.177. The summed E-state index contributed by atoms with van der Waals surface area (Å²) >= 11 is 0. The Hall–Kier alpha value is -2.70. The molecule has 0 spiro atoms. The van der Waals surface area contributed by atoms with Gasteiger partial charge in [0, 0.05) is 37.3 Å². The van der Waals surface area contributed by atoms with Crippen LogP contribution >= 0.6 is 0 Å². The molecule has 0 bridgehead atoms. The van der Waals surface area contributed by atoms with Crippen molar-refractivity contribution in [3.8, 4) is 0 Å². The average Bonchev–Trinajstić information content (AvgIpc) is 3.64. The number of hydrogen-bond donors (Lipinski definition) is 1. The molecule has 1 aromatic carbocycles. The van der Waals surface area contributed by atoms with Crippen molar-refractivity contribution >= 4 is 11.8 Å². The van der Waals surface area contributed by atoms with Crippen molar-refractivity contribution in [2.24, 2.45) is 0 Å². The second-order valence-electron chi connectivity index (χ2n) is 8.52. The van der Waals surface area contributed by atoms with Gasteiger partial charge in [-0.3, -0.25) is 0 Å². The Bertz CT molecular complexity index is 903. The highest BCUT2D eigenvalue weighted by Gasteiger charge is 2.45. The molecule has 29 heavy (non-hydrogen) atoms. The zero-order valence-electron chi connectivity index (χ0n) is 16.6. The number of aryl methyl sites for hydroxylation is 1. The van der Waals surface area contributed by atoms with Gasteiger partial charge in [-0.2, -0.15) is 5.10 Å². The average molecular weight is 395 g/mol. The number of hydrogen-bond acceptors (Lipinski definition) is 4. The van der Waals surface area contributed by atoms with Crippen LogP contribution in [0.3, 0.4) is 0 Å². The monoisotopic (exact) mass is 395 g/mol. The molecule has 3 fully saturated rings. The van der Waals surface area contributed by atoms with Gasteiger partial charge in [-0.05, 0) is 61.9 Å². The molecule has 2 saturated carbocycles. The number of aromatic nitrogens is 2. The van der Waals surface area contributed by atoms with Gasteiger partial charge in [0.05, 0.1) is 6.04 Å². The molecule has 1 aliphatic heterocycles. The van der Waals surface area contributed by atoms with Crippen LogP contribution in [0.2, 0.25) is 0 Å².